The van der Waals surface area contributed by atoms with Crippen LogP contribution in [0.1, 0.15) is 15.9 Å². The molecule has 0 aliphatic carbocycles. The van der Waals surface area contributed by atoms with Crippen molar-refractivity contribution in [3.05, 3.63) is 29.3 Å². The predicted octanol–water partition coefficient (Wildman–Crippen LogP) is 0.182. The Morgan fingerprint density at radius 1 is 1.50 bits per heavy atom. The minimum atomic E-state index is -3.67. The van der Waals surface area contributed by atoms with Crippen molar-refractivity contribution in [2.24, 2.45) is 5.14 Å². The molecule has 16 heavy (non-hydrogen) atoms. The molecule has 3 N–H and O–H groups in total. The molecule has 0 aliphatic rings. The van der Waals surface area contributed by atoms with Crippen LogP contribution >= 0.6 is 0 Å². The van der Waals surface area contributed by atoms with Gasteiger partial charge in [-0.2, -0.15) is 0 Å². The molecule has 1 aromatic carbocycles. The number of nitrogens with two attached hydrogens (primary N) is 1. The monoisotopic (exact) mass is 245 g/mol. The van der Waals surface area contributed by atoms with E-state index in [4.69, 9.17) is 15.0 Å². The minimum Gasteiger partial charge on any atom is -0.496 e. The van der Waals surface area contributed by atoms with Crippen molar-refractivity contribution in [3.8, 4) is 5.75 Å². The Balaban J connectivity index is 3.17. The predicted molar refractivity (Wildman–Crippen MR) is 56.8 cm³/mol. The van der Waals surface area contributed by atoms with Crippen molar-refractivity contribution < 1.29 is 23.1 Å². The van der Waals surface area contributed by atoms with Gasteiger partial charge < -0.3 is 9.84 Å². The fourth-order valence-electron chi connectivity index (χ4n) is 1.24. The molecule has 0 saturated heterocycles. The number of rotatable bonds is 4. The first kappa shape index (κ1) is 12.5. The average molecular weight is 245 g/mol. The molecule has 0 amide bonds. The van der Waals surface area contributed by atoms with Gasteiger partial charge in [0.25, 0.3) is 0 Å². The molecule has 88 valence electrons. The summed E-state index contributed by atoms with van der Waals surface area (Å²) in [5.41, 5.74) is 0.212. The highest BCUT2D eigenvalue weighted by Crippen LogP contribution is 2.20. The van der Waals surface area contributed by atoms with Crippen LogP contribution in [-0.2, 0) is 15.8 Å². The van der Waals surface area contributed by atoms with Gasteiger partial charge >= 0.3 is 5.97 Å². The molecule has 7 heteroatoms. The van der Waals surface area contributed by atoms with E-state index in [1.165, 1.54) is 25.3 Å². The number of aromatic carboxylic acids is 1. The number of carboxylic acids is 1. The average Bonchev–Trinajstić information content (AvgIpc) is 2.15. The number of carbonyl (C=O) groups is 1. The molecule has 0 fully saturated rings. The van der Waals surface area contributed by atoms with Gasteiger partial charge in [0.2, 0.25) is 10.0 Å². The van der Waals surface area contributed by atoms with Crippen LogP contribution in [0.2, 0.25) is 0 Å². The maximum absolute atomic E-state index is 10.8. The summed E-state index contributed by atoms with van der Waals surface area (Å²) in [5.74, 6) is -1.42. The van der Waals surface area contributed by atoms with Crippen LogP contribution in [0.3, 0.4) is 0 Å². The molecular weight excluding hydrogens is 234 g/mol. The van der Waals surface area contributed by atoms with Crippen molar-refractivity contribution in [1.82, 2.24) is 0 Å². The Kier molecular flexibility index (Phi) is 3.51. The van der Waals surface area contributed by atoms with Crippen LogP contribution in [0.5, 0.6) is 5.75 Å². The summed E-state index contributed by atoms with van der Waals surface area (Å²) in [4.78, 5) is 10.8. The molecule has 0 saturated carbocycles. The summed E-state index contributed by atoms with van der Waals surface area (Å²) in [6.45, 7) is 0. The van der Waals surface area contributed by atoms with Gasteiger partial charge in [0.05, 0.1) is 12.9 Å². The third-order valence-electron chi connectivity index (χ3n) is 1.86. The number of carboxylic acid groups (broad SMARTS) is 1. The molecule has 0 bridgehead atoms. The van der Waals surface area contributed by atoms with Crippen molar-refractivity contribution in [2.45, 2.75) is 5.75 Å². The molecular formula is C9H11NO5S. The zero-order chi connectivity index (χ0) is 12.3. The fraction of sp³-hybridized carbons (Fsp3) is 0.222. The van der Waals surface area contributed by atoms with E-state index in [-0.39, 0.29) is 11.3 Å². The topological polar surface area (TPSA) is 107 Å². The van der Waals surface area contributed by atoms with Gasteiger partial charge in [0.1, 0.15) is 11.3 Å². The number of sulfonamides is 1. The van der Waals surface area contributed by atoms with Crippen molar-refractivity contribution >= 4 is 16.0 Å². The molecule has 6 nitrogen and oxygen atoms in total. The number of primary sulfonamides is 1. The molecule has 0 atom stereocenters. The van der Waals surface area contributed by atoms with Crippen molar-refractivity contribution in [1.29, 1.82) is 0 Å². The first-order valence-corrected chi connectivity index (χ1v) is 5.95. The summed E-state index contributed by atoms with van der Waals surface area (Å²) < 4.78 is 26.5. The van der Waals surface area contributed by atoms with E-state index in [0.29, 0.717) is 5.56 Å². The quantitative estimate of drug-likeness (QED) is 0.787. The summed E-state index contributed by atoms with van der Waals surface area (Å²) in [6, 6.07) is 4.07. The maximum atomic E-state index is 10.8. The highest BCUT2D eigenvalue weighted by atomic mass is 32.2. The first-order chi connectivity index (χ1) is 7.33. The van der Waals surface area contributed by atoms with E-state index in [0.717, 1.165) is 0 Å². The standard InChI is InChI=1S/C9H11NO5S/c1-15-8-3-2-6(5-16(10,13)14)4-7(8)9(11)12/h2-4H,5H2,1H3,(H,11,12)(H2,10,13,14). The highest BCUT2D eigenvalue weighted by Gasteiger charge is 2.13. The van der Waals surface area contributed by atoms with Gasteiger partial charge in [-0.3, -0.25) is 0 Å². The molecule has 0 heterocycles. The number of methoxy groups -OCH3 is 1. The Bertz CT molecular complexity index is 509. The van der Waals surface area contributed by atoms with E-state index in [1.54, 1.807) is 0 Å². The Morgan fingerprint density at radius 2 is 2.12 bits per heavy atom. The molecule has 0 aliphatic heterocycles. The second kappa shape index (κ2) is 4.50. The maximum Gasteiger partial charge on any atom is 0.339 e. The SMILES string of the molecule is COc1ccc(CS(N)(=O)=O)cc1C(=O)O. The molecule has 0 unspecified atom stereocenters. The summed E-state index contributed by atoms with van der Waals surface area (Å²) >= 11 is 0. The Morgan fingerprint density at radius 3 is 2.56 bits per heavy atom. The van der Waals surface area contributed by atoms with E-state index < -0.39 is 21.7 Å². The Labute approximate surface area is 92.7 Å². The van der Waals surface area contributed by atoms with Crippen LogP contribution in [0.4, 0.5) is 0 Å². The van der Waals surface area contributed by atoms with Gasteiger partial charge in [-0.1, -0.05) is 6.07 Å². The number of hydrogen-bond acceptors (Lipinski definition) is 4. The van der Waals surface area contributed by atoms with E-state index in [9.17, 15) is 13.2 Å². The van der Waals surface area contributed by atoms with Crippen LogP contribution in [0.15, 0.2) is 18.2 Å². The van der Waals surface area contributed by atoms with Crippen LogP contribution < -0.4 is 9.88 Å². The smallest absolute Gasteiger partial charge is 0.339 e. The van der Waals surface area contributed by atoms with E-state index in [1.807, 2.05) is 0 Å². The fourth-order valence-corrected chi connectivity index (χ4v) is 1.89. The molecule has 1 aromatic rings. The summed E-state index contributed by atoms with van der Waals surface area (Å²) in [6.07, 6.45) is 0. The Hall–Kier alpha value is -1.60. The van der Waals surface area contributed by atoms with Gasteiger partial charge in [0, 0.05) is 0 Å². The van der Waals surface area contributed by atoms with Gasteiger partial charge in [0.15, 0.2) is 0 Å². The van der Waals surface area contributed by atoms with Crippen LogP contribution in [-0.4, -0.2) is 26.6 Å². The lowest BCUT2D eigenvalue weighted by Gasteiger charge is -2.06. The normalized spacial score (nSPS) is 11.1. The number of ether oxygens (including phenoxy) is 1. The minimum absolute atomic E-state index is 0.0938. The second-order valence-corrected chi connectivity index (χ2v) is 4.76. The third kappa shape index (κ3) is 3.21. The largest absolute Gasteiger partial charge is 0.496 e. The van der Waals surface area contributed by atoms with Gasteiger partial charge in [-0.25, -0.2) is 18.4 Å². The summed E-state index contributed by atoms with van der Waals surface area (Å²) in [5, 5.41) is 13.7. The number of hydrogen-bond donors (Lipinski definition) is 2. The highest BCUT2D eigenvalue weighted by molar-refractivity contribution is 7.88. The molecule has 0 aromatic heterocycles. The molecule has 0 radical (unpaired) electrons. The number of benzene rings is 1. The van der Waals surface area contributed by atoms with Crippen LogP contribution in [0.25, 0.3) is 0 Å². The van der Waals surface area contributed by atoms with Crippen molar-refractivity contribution in [2.75, 3.05) is 7.11 Å². The van der Waals surface area contributed by atoms with Gasteiger partial charge in [-0.15, -0.1) is 0 Å². The lowest BCUT2D eigenvalue weighted by Crippen LogP contribution is -2.15. The van der Waals surface area contributed by atoms with Crippen LogP contribution in [0, 0.1) is 0 Å². The lowest BCUT2D eigenvalue weighted by molar-refractivity contribution is 0.0693. The second-order valence-electron chi connectivity index (χ2n) is 3.15. The summed E-state index contributed by atoms with van der Waals surface area (Å²) in [7, 11) is -2.34. The van der Waals surface area contributed by atoms with Gasteiger partial charge in [-0.05, 0) is 17.7 Å². The van der Waals surface area contributed by atoms with Crippen molar-refractivity contribution in [3.63, 3.8) is 0 Å². The van der Waals surface area contributed by atoms with E-state index >= 15 is 0 Å². The lowest BCUT2D eigenvalue weighted by atomic mass is 10.1. The zero-order valence-electron chi connectivity index (χ0n) is 8.50. The first-order valence-electron chi connectivity index (χ1n) is 4.24. The molecule has 0 spiro atoms. The molecule has 1 rings (SSSR count). The van der Waals surface area contributed by atoms with E-state index in [2.05, 4.69) is 0 Å². The zero-order valence-corrected chi connectivity index (χ0v) is 9.32. The third-order valence-corrected chi connectivity index (χ3v) is 2.60.